The minimum atomic E-state index is -0.632. The summed E-state index contributed by atoms with van der Waals surface area (Å²) >= 11 is 0. The van der Waals surface area contributed by atoms with E-state index in [9.17, 15) is 14.4 Å². The van der Waals surface area contributed by atoms with Crippen molar-refractivity contribution in [2.24, 2.45) is 0 Å². The summed E-state index contributed by atoms with van der Waals surface area (Å²) in [5.74, 6) is -1.57. The van der Waals surface area contributed by atoms with E-state index in [-0.39, 0.29) is 19.4 Å². The van der Waals surface area contributed by atoms with E-state index in [4.69, 9.17) is 9.57 Å². The van der Waals surface area contributed by atoms with Crippen molar-refractivity contribution in [3.8, 4) is 0 Å². The molecule has 0 radical (unpaired) electrons. The van der Waals surface area contributed by atoms with Gasteiger partial charge < -0.3 is 9.57 Å². The molecule has 0 atom stereocenters. The van der Waals surface area contributed by atoms with Crippen LogP contribution in [0.5, 0.6) is 0 Å². The van der Waals surface area contributed by atoms with Crippen molar-refractivity contribution in [1.29, 1.82) is 0 Å². The number of imide groups is 1. The maximum absolute atomic E-state index is 11.4. The lowest BCUT2D eigenvalue weighted by molar-refractivity contribution is -0.198. The largest absolute Gasteiger partial charge is 0.383 e. The molecule has 0 aromatic heterocycles. The average Bonchev–Trinajstić information content (AvgIpc) is 2.58. The Morgan fingerprint density at radius 1 is 1.35 bits per heavy atom. The number of likely N-dealkylation sites (N-methyl/N-ethyl adjacent to an activating group) is 1. The van der Waals surface area contributed by atoms with E-state index >= 15 is 0 Å². The Hall–Kier alpha value is -1.47. The highest BCUT2D eigenvalue weighted by Gasteiger charge is 2.32. The molecule has 1 rings (SSSR count). The highest BCUT2D eigenvalue weighted by molar-refractivity contribution is 6.01. The molecule has 0 aromatic carbocycles. The Morgan fingerprint density at radius 2 is 1.94 bits per heavy atom. The van der Waals surface area contributed by atoms with E-state index in [2.05, 4.69) is 0 Å². The number of hydrogen-bond acceptors (Lipinski definition) is 6. The third-order valence-electron chi connectivity index (χ3n) is 2.28. The highest BCUT2D eigenvalue weighted by Crippen LogP contribution is 2.11. The molecule has 1 heterocycles. The second-order valence-corrected chi connectivity index (χ2v) is 3.78. The molecule has 0 N–H and O–H groups in total. The summed E-state index contributed by atoms with van der Waals surface area (Å²) < 4.78 is 4.85. The van der Waals surface area contributed by atoms with Crippen molar-refractivity contribution in [2.75, 3.05) is 33.9 Å². The van der Waals surface area contributed by atoms with Crippen LogP contribution in [0.15, 0.2) is 0 Å². The number of amides is 2. The van der Waals surface area contributed by atoms with Crippen LogP contribution in [-0.4, -0.2) is 61.6 Å². The molecule has 1 fully saturated rings. The van der Waals surface area contributed by atoms with Crippen molar-refractivity contribution in [1.82, 2.24) is 9.96 Å². The number of hydrogen-bond donors (Lipinski definition) is 0. The lowest BCUT2D eigenvalue weighted by Gasteiger charge is -2.17. The number of carbonyl (C=O) groups is 3. The minimum Gasteiger partial charge on any atom is -0.383 e. The third kappa shape index (κ3) is 4.12. The van der Waals surface area contributed by atoms with Gasteiger partial charge in [-0.3, -0.25) is 14.5 Å². The van der Waals surface area contributed by atoms with Crippen molar-refractivity contribution in [2.45, 2.75) is 12.8 Å². The lowest BCUT2D eigenvalue weighted by Crippen LogP contribution is -2.37. The maximum atomic E-state index is 11.4. The summed E-state index contributed by atoms with van der Waals surface area (Å²) in [5, 5.41) is 0.548. The average molecular weight is 244 g/mol. The van der Waals surface area contributed by atoms with Gasteiger partial charge in [-0.15, -0.1) is 5.06 Å². The lowest BCUT2D eigenvalue weighted by atomic mass is 10.4. The molecule has 96 valence electrons. The van der Waals surface area contributed by atoms with E-state index in [0.29, 0.717) is 18.2 Å². The molecular weight excluding hydrogens is 228 g/mol. The molecule has 17 heavy (non-hydrogen) atoms. The number of rotatable bonds is 6. The van der Waals surface area contributed by atoms with Crippen LogP contribution in [0.2, 0.25) is 0 Å². The number of hydroxylamine groups is 2. The van der Waals surface area contributed by atoms with Crippen LogP contribution < -0.4 is 0 Å². The van der Waals surface area contributed by atoms with Crippen LogP contribution in [0.4, 0.5) is 0 Å². The zero-order valence-corrected chi connectivity index (χ0v) is 9.97. The first kappa shape index (κ1) is 13.6. The van der Waals surface area contributed by atoms with Gasteiger partial charge >= 0.3 is 5.97 Å². The Morgan fingerprint density at radius 3 is 2.47 bits per heavy atom. The van der Waals surface area contributed by atoms with Gasteiger partial charge in [0.25, 0.3) is 11.8 Å². The van der Waals surface area contributed by atoms with Crippen molar-refractivity contribution < 1.29 is 24.0 Å². The molecule has 1 saturated heterocycles. The van der Waals surface area contributed by atoms with Gasteiger partial charge in [0, 0.05) is 26.5 Å². The van der Waals surface area contributed by atoms with Gasteiger partial charge in [-0.25, -0.2) is 4.79 Å². The van der Waals surface area contributed by atoms with Crippen molar-refractivity contribution in [3.05, 3.63) is 0 Å². The first-order valence-electron chi connectivity index (χ1n) is 5.28. The van der Waals surface area contributed by atoms with Gasteiger partial charge in [-0.05, 0) is 7.05 Å². The predicted molar refractivity (Wildman–Crippen MR) is 56.6 cm³/mol. The van der Waals surface area contributed by atoms with Gasteiger partial charge in [0.05, 0.1) is 13.2 Å². The molecule has 2 amide bonds. The predicted octanol–water partition coefficient (Wildman–Crippen LogP) is -0.828. The van der Waals surface area contributed by atoms with Crippen LogP contribution in [0.25, 0.3) is 0 Å². The maximum Gasteiger partial charge on any atom is 0.347 e. The normalized spacial score (nSPS) is 15.8. The van der Waals surface area contributed by atoms with Crippen LogP contribution in [0.1, 0.15) is 12.8 Å². The van der Waals surface area contributed by atoms with Crippen LogP contribution in [0.3, 0.4) is 0 Å². The molecule has 0 bridgehead atoms. The second kappa shape index (κ2) is 6.31. The van der Waals surface area contributed by atoms with E-state index in [0.717, 1.165) is 0 Å². The van der Waals surface area contributed by atoms with Gasteiger partial charge in [-0.1, -0.05) is 0 Å². The van der Waals surface area contributed by atoms with Gasteiger partial charge in [0.1, 0.15) is 0 Å². The standard InChI is InChI=1S/C10H16N2O5/c1-11(5-6-16-2)7-10(15)17-12-8(13)3-4-9(12)14/h3-7H2,1-2H3. The van der Waals surface area contributed by atoms with E-state index in [1.54, 1.807) is 19.1 Å². The second-order valence-electron chi connectivity index (χ2n) is 3.78. The number of methoxy groups -OCH3 is 1. The van der Waals surface area contributed by atoms with Gasteiger partial charge in [-0.2, -0.15) is 0 Å². The molecule has 7 nitrogen and oxygen atoms in total. The summed E-state index contributed by atoms with van der Waals surface area (Å²) in [7, 11) is 3.28. The van der Waals surface area contributed by atoms with Crippen molar-refractivity contribution >= 4 is 17.8 Å². The SMILES string of the molecule is COCCN(C)CC(=O)ON1C(=O)CCC1=O. The number of carbonyl (C=O) groups excluding carboxylic acids is 3. The molecule has 0 unspecified atom stereocenters. The highest BCUT2D eigenvalue weighted by atomic mass is 16.7. The fraction of sp³-hybridized carbons (Fsp3) is 0.700. The summed E-state index contributed by atoms with van der Waals surface area (Å²) in [6.45, 7) is 1.05. The summed E-state index contributed by atoms with van der Waals surface area (Å²) in [6, 6.07) is 0. The number of ether oxygens (including phenoxy) is 1. The van der Waals surface area contributed by atoms with Crippen LogP contribution >= 0.6 is 0 Å². The molecule has 7 heteroatoms. The van der Waals surface area contributed by atoms with Crippen LogP contribution in [-0.2, 0) is 24.0 Å². The Bertz CT molecular complexity index is 302. The van der Waals surface area contributed by atoms with E-state index in [1.807, 2.05) is 0 Å². The summed E-state index contributed by atoms with van der Waals surface area (Å²) in [4.78, 5) is 40.1. The molecule has 0 saturated carbocycles. The zero-order valence-electron chi connectivity index (χ0n) is 9.97. The quantitative estimate of drug-likeness (QED) is 0.568. The fourth-order valence-corrected chi connectivity index (χ4v) is 1.34. The zero-order chi connectivity index (χ0) is 12.8. The topological polar surface area (TPSA) is 76.2 Å². The van der Waals surface area contributed by atoms with Crippen LogP contribution in [0, 0.1) is 0 Å². The van der Waals surface area contributed by atoms with Gasteiger partial charge in [0.2, 0.25) is 0 Å². The van der Waals surface area contributed by atoms with E-state index < -0.39 is 17.8 Å². The monoisotopic (exact) mass is 244 g/mol. The molecule has 0 aliphatic carbocycles. The Kier molecular flexibility index (Phi) is 5.05. The smallest absolute Gasteiger partial charge is 0.347 e. The Labute approximate surface area is 99.2 Å². The third-order valence-corrected chi connectivity index (χ3v) is 2.28. The molecular formula is C10H16N2O5. The fourth-order valence-electron chi connectivity index (χ4n) is 1.34. The van der Waals surface area contributed by atoms with Crippen molar-refractivity contribution in [3.63, 3.8) is 0 Å². The minimum absolute atomic E-state index is 0.000417. The van der Waals surface area contributed by atoms with E-state index in [1.165, 1.54) is 0 Å². The summed E-state index contributed by atoms with van der Waals surface area (Å²) in [6.07, 6.45) is 0.206. The molecule has 0 aromatic rings. The Balaban J connectivity index is 2.34. The molecule has 0 spiro atoms. The first-order chi connectivity index (χ1) is 8.04. The molecule has 1 aliphatic heterocycles. The number of nitrogens with zero attached hydrogens (tertiary/aromatic N) is 2. The molecule has 1 aliphatic rings. The van der Waals surface area contributed by atoms with Gasteiger partial charge in [0.15, 0.2) is 0 Å². The first-order valence-corrected chi connectivity index (χ1v) is 5.28. The summed E-state index contributed by atoms with van der Waals surface area (Å²) in [5.41, 5.74) is 0.